The highest BCUT2D eigenvalue weighted by Crippen LogP contribution is 2.62. The first-order valence-electron chi connectivity index (χ1n) is 9.63. The van der Waals surface area contributed by atoms with Crippen LogP contribution in [0.5, 0.6) is 0 Å². The second-order valence-corrected chi connectivity index (χ2v) is 8.85. The SMILES string of the molecule is C=C1CCC2C(C)(C(=O)OC)CCCC2(C)C1CCC(C)CC(=O)O. The van der Waals surface area contributed by atoms with Gasteiger partial charge in [0, 0.05) is 6.42 Å². The van der Waals surface area contributed by atoms with E-state index in [4.69, 9.17) is 9.84 Å². The number of carbonyl (C=O) groups is 2. The summed E-state index contributed by atoms with van der Waals surface area (Å²) in [4.78, 5) is 23.5. The van der Waals surface area contributed by atoms with E-state index in [1.165, 1.54) is 12.7 Å². The summed E-state index contributed by atoms with van der Waals surface area (Å²) in [7, 11) is 1.49. The molecule has 4 heteroatoms. The zero-order chi connectivity index (χ0) is 18.8. The number of fused-ring (bicyclic) bond motifs is 1. The number of methoxy groups -OCH3 is 1. The van der Waals surface area contributed by atoms with Gasteiger partial charge in [0.25, 0.3) is 0 Å². The van der Waals surface area contributed by atoms with Crippen LogP contribution in [0.2, 0.25) is 0 Å². The quantitative estimate of drug-likeness (QED) is 0.550. The Morgan fingerprint density at radius 1 is 1.36 bits per heavy atom. The van der Waals surface area contributed by atoms with E-state index in [-0.39, 0.29) is 23.7 Å². The molecule has 2 fully saturated rings. The Balaban J connectivity index is 2.21. The molecule has 0 radical (unpaired) electrons. The molecular formula is C21H34O4. The van der Waals surface area contributed by atoms with Crippen molar-refractivity contribution >= 4 is 11.9 Å². The normalized spacial score (nSPS) is 36.4. The Morgan fingerprint density at radius 2 is 2.04 bits per heavy atom. The van der Waals surface area contributed by atoms with Crippen LogP contribution < -0.4 is 0 Å². The minimum absolute atomic E-state index is 0.0550. The molecule has 4 nitrogen and oxygen atoms in total. The first kappa shape index (κ1) is 20.0. The highest BCUT2D eigenvalue weighted by molar-refractivity contribution is 5.77. The summed E-state index contributed by atoms with van der Waals surface area (Å²) in [5, 5.41) is 9.00. The Hall–Kier alpha value is -1.32. The van der Waals surface area contributed by atoms with Gasteiger partial charge in [-0.2, -0.15) is 0 Å². The fourth-order valence-corrected chi connectivity index (χ4v) is 5.81. The molecule has 0 heterocycles. The maximum atomic E-state index is 12.6. The van der Waals surface area contributed by atoms with Crippen molar-refractivity contribution < 1.29 is 19.4 Å². The first-order chi connectivity index (χ1) is 11.6. The van der Waals surface area contributed by atoms with Crippen LogP contribution in [0.4, 0.5) is 0 Å². The molecule has 142 valence electrons. The summed E-state index contributed by atoms with van der Waals surface area (Å²) >= 11 is 0. The third-order valence-corrected chi connectivity index (χ3v) is 7.14. The van der Waals surface area contributed by atoms with E-state index in [0.717, 1.165) is 44.9 Å². The smallest absolute Gasteiger partial charge is 0.311 e. The van der Waals surface area contributed by atoms with Gasteiger partial charge in [-0.1, -0.05) is 32.4 Å². The van der Waals surface area contributed by atoms with Crippen LogP contribution in [0.3, 0.4) is 0 Å². The molecule has 2 rings (SSSR count). The number of esters is 1. The molecule has 2 saturated carbocycles. The standard InChI is InChI=1S/C21H34O4/c1-14(13-18(22)23)7-9-16-15(2)8-10-17-20(16,3)11-6-12-21(17,4)19(24)25-5/h14,16-17H,2,6-13H2,1,3-5H3,(H,22,23). The predicted octanol–water partition coefficient (Wildman–Crippen LogP) is 4.83. The molecule has 0 aromatic rings. The van der Waals surface area contributed by atoms with Crippen molar-refractivity contribution in [1.82, 2.24) is 0 Å². The number of aliphatic carboxylic acids is 1. The third kappa shape index (κ3) is 3.78. The second-order valence-electron chi connectivity index (χ2n) is 8.85. The van der Waals surface area contributed by atoms with E-state index in [2.05, 4.69) is 20.4 Å². The molecule has 0 saturated heterocycles. The number of rotatable bonds is 6. The van der Waals surface area contributed by atoms with Crippen LogP contribution in [0.15, 0.2) is 12.2 Å². The van der Waals surface area contributed by atoms with Crippen LogP contribution in [0.25, 0.3) is 0 Å². The molecule has 2 aliphatic carbocycles. The molecule has 0 aromatic heterocycles. The van der Waals surface area contributed by atoms with Crippen LogP contribution in [0.1, 0.15) is 72.1 Å². The van der Waals surface area contributed by atoms with E-state index in [9.17, 15) is 9.59 Å². The van der Waals surface area contributed by atoms with Gasteiger partial charge in [-0.25, -0.2) is 0 Å². The van der Waals surface area contributed by atoms with Gasteiger partial charge in [0.05, 0.1) is 12.5 Å². The molecule has 1 N–H and O–H groups in total. The van der Waals surface area contributed by atoms with Crippen LogP contribution in [0, 0.1) is 28.6 Å². The zero-order valence-corrected chi connectivity index (χ0v) is 16.3. The average molecular weight is 350 g/mol. The highest BCUT2D eigenvalue weighted by atomic mass is 16.5. The van der Waals surface area contributed by atoms with E-state index in [1.54, 1.807) is 0 Å². The summed E-state index contributed by atoms with van der Waals surface area (Å²) in [5.41, 5.74) is 0.933. The van der Waals surface area contributed by atoms with Gasteiger partial charge in [-0.15, -0.1) is 0 Å². The van der Waals surface area contributed by atoms with Gasteiger partial charge < -0.3 is 9.84 Å². The number of carbonyl (C=O) groups excluding carboxylic acids is 1. The topological polar surface area (TPSA) is 63.6 Å². The Bertz CT molecular complexity index is 540. The monoisotopic (exact) mass is 350 g/mol. The number of carboxylic acids is 1. The van der Waals surface area contributed by atoms with Crippen molar-refractivity contribution in [2.24, 2.45) is 28.6 Å². The van der Waals surface area contributed by atoms with E-state index in [1.807, 2.05) is 6.92 Å². The summed E-state index contributed by atoms with van der Waals surface area (Å²) in [6, 6.07) is 0. The number of hydrogen-bond donors (Lipinski definition) is 1. The number of carboxylic acid groups (broad SMARTS) is 1. The second kappa shape index (κ2) is 7.51. The van der Waals surface area contributed by atoms with Crippen molar-refractivity contribution in [2.75, 3.05) is 7.11 Å². The van der Waals surface area contributed by atoms with E-state index >= 15 is 0 Å². The Labute approximate surface area is 152 Å². The molecule has 0 spiro atoms. The van der Waals surface area contributed by atoms with Gasteiger partial charge in [-0.3, -0.25) is 9.59 Å². The zero-order valence-electron chi connectivity index (χ0n) is 16.3. The fraction of sp³-hybridized carbons (Fsp3) is 0.810. The molecule has 5 atom stereocenters. The number of ether oxygens (including phenoxy) is 1. The molecule has 2 aliphatic rings. The lowest BCUT2D eigenvalue weighted by atomic mass is 9.46. The van der Waals surface area contributed by atoms with Crippen molar-refractivity contribution in [3.05, 3.63) is 12.2 Å². The van der Waals surface area contributed by atoms with Crippen molar-refractivity contribution in [3.63, 3.8) is 0 Å². The predicted molar refractivity (Wildman–Crippen MR) is 98.1 cm³/mol. The lowest BCUT2D eigenvalue weighted by molar-refractivity contribution is -0.168. The molecule has 0 aromatic carbocycles. The van der Waals surface area contributed by atoms with Gasteiger partial charge >= 0.3 is 11.9 Å². The molecule has 5 unspecified atom stereocenters. The van der Waals surface area contributed by atoms with Gasteiger partial charge in [0.15, 0.2) is 0 Å². The van der Waals surface area contributed by atoms with Crippen LogP contribution in [-0.4, -0.2) is 24.2 Å². The van der Waals surface area contributed by atoms with Gasteiger partial charge in [0.2, 0.25) is 0 Å². The molecular weight excluding hydrogens is 316 g/mol. The van der Waals surface area contributed by atoms with Crippen molar-refractivity contribution in [2.45, 2.75) is 72.1 Å². The molecule has 0 aliphatic heterocycles. The van der Waals surface area contributed by atoms with Crippen molar-refractivity contribution in [1.29, 1.82) is 0 Å². The van der Waals surface area contributed by atoms with Gasteiger partial charge in [-0.05, 0) is 68.6 Å². The maximum Gasteiger partial charge on any atom is 0.311 e. The van der Waals surface area contributed by atoms with Crippen LogP contribution in [-0.2, 0) is 14.3 Å². The summed E-state index contributed by atoms with van der Waals surface area (Å²) < 4.78 is 5.16. The van der Waals surface area contributed by atoms with Crippen molar-refractivity contribution in [3.8, 4) is 0 Å². The maximum absolute atomic E-state index is 12.6. The number of allylic oxidation sites excluding steroid dienone is 1. The Morgan fingerprint density at radius 3 is 2.64 bits per heavy atom. The lowest BCUT2D eigenvalue weighted by Gasteiger charge is -2.57. The average Bonchev–Trinajstić information content (AvgIpc) is 2.52. The minimum atomic E-state index is -0.727. The summed E-state index contributed by atoms with van der Waals surface area (Å²) in [6.45, 7) is 10.8. The van der Waals surface area contributed by atoms with Crippen LogP contribution >= 0.6 is 0 Å². The third-order valence-electron chi connectivity index (χ3n) is 7.14. The summed E-state index contributed by atoms with van der Waals surface area (Å²) in [6.07, 6.45) is 7.10. The van der Waals surface area contributed by atoms with Gasteiger partial charge in [0.1, 0.15) is 0 Å². The molecule has 25 heavy (non-hydrogen) atoms. The van der Waals surface area contributed by atoms with E-state index in [0.29, 0.717) is 11.8 Å². The van der Waals surface area contributed by atoms with E-state index < -0.39 is 11.4 Å². The Kier molecular flexibility index (Phi) is 6.01. The lowest BCUT2D eigenvalue weighted by Crippen LogP contribution is -2.53. The number of hydrogen-bond acceptors (Lipinski definition) is 3. The minimum Gasteiger partial charge on any atom is -0.481 e. The molecule has 0 amide bonds. The summed E-state index contributed by atoms with van der Waals surface area (Å²) in [5.74, 6) is 0.0482. The fourth-order valence-electron chi connectivity index (χ4n) is 5.81. The largest absolute Gasteiger partial charge is 0.481 e. The first-order valence-corrected chi connectivity index (χ1v) is 9.63. The highest BCUT2D eigenvalue weighted by Gasteiger charge is 2.57. The molecule has 0 bridgehead atoms.